The minimum atomic E-state index is 0.119. The van der Waals surface area contributed by atoms with Crippen LogP contribution < -0.4 is 0 Å². The van der Waals surface area contributed by atoms with Gasteiger partial charge in [-0.3, -0.25) is 4.79 Å². The van der Waals surface area contributed by atoms with Crippen LogP contribution in [-0.2, 0) is 6.42 Å². The Kier molecular flexibility index (Phi) is 2.86. The first-order chi connectivity index (χ1) is 7.74. The molecule has 1 nitrogen and oxygen atoms in total. The molecule has 0 aliphatic carbocycles. The highest BCUT2D eigenvalue weighted by molar-refractivity contribution is 6.08. The average molecular weight is 210 g/mol. The molecule has 0 fully saturated rings. The Bertz CT molecular complexity index is 552. The van der Waals surface area contributed by atoms with Gasteiger partial charge in [-0.2, -0.15) is 0 Å². The minimum absolute atomic E-state index is 0.119. The van der Waals surface area contributed by atoms with Crippen molar-refractivity contribution in [3.63, 3.8) is 0 Å². The van der Waals surface area contributed by atoms with Crippen LogP contribution in [0.15, 0.2) is 49.1 Å². The highest BCUT2D eigenvalue weighted by Gasteiger charge is 2.10. The molecule has 0 amide bonds. The highest BCUT2D eigenvalue weighted by Crippen LogP contribution is 2.23. The summed E-state index contributed by atoms with van der Waals surface area (Å²) in [6.45, 7) is 5.34. The molecule has 0 aliphatic rings. The maximum absolute atomic E-state index is 11.7. The van der Waals surface area contributed by atoms with Crippen LogP contribution >= 0.6 is 0 Å². The van der Waals surface area contributed by atoms with Gasteiger partial charge in [-0.25, -0.2) is 0 Å². The first-order valence-electron chi connectivity index (χ1n) is 5.36. The summed E-state index contributed by atoms with van der Waals surface area (Å²) < 4.78 is 0. The first-order valence-corrected chi connectivity index (χ1v) is 5.36. The minimum Gasteiger partial charge on any atom is -0.294 e. The second kappa shape index (κ2) is 4.31. The molecule has 0 atom stereocenters. The largest absolute Gasteiger partial charge is 0.294 e. The predicted molar refractivity (Wildman–Crippen MR) is 67.9 cm³/mol. The fourth-order valence-corrected chi connectivity index (χ4v) is 2.06. The van der Waals surface area contributed by atoms with Crippen molar-refractivity contribution in [1.29, 1.82) is 0 Å². The van der Waals surface area contributed by atoms with Crippen molar-refractivity contribution >= 4 is 16.6 Å². The Hall–Kier alpha value is -1.89. The lowest BCUT2D eigenvalue weighted by atomic mass is 9.95. The van der Waals surface area contributed by atoms with Crippen molar-refractivity contribution in [3.8, 4) is 0 Å². The number of rotatable bonds is 3. The molecule has 2 rings (SSSR count). The van der Waals surface area contributed by atoms with E-state index in [2.05, 4.69) is 12.6 Å². The molecule has 80 valence electrons. The number of allylic oxidation sites excluding steroid dienone is 1. The van der Waals surface area contributed by atoms with Crippen LogP contribution in [0.1, 0.15) is 22.8 Å². The SMILES string of the molecule is C=CCc1ccc2ccccc2c1C(C)=O. The van der Waals surface area contributed by atoms with Gasteiger partial charge in [0.15, 0.2) is 5.78 Å². The average Bonchev–Trinajstić information content (AvgIpc) is 2.28. The molecule has 0 spiro atoms. The molecular formula is C15H14O. The van der Waals surface area contributed by atoms with Crippen LogP contribution in [0.2, 0.25) is 0 Å². The number of carbonyl (C=O) groups is 1. The topological polar surface area (TPSA) is 17.1 Å². The van der Waals surface area contributed by atoms with E-state index in [4.69, 9.17) is 0 Å². The fourth-order valence-electron chi connectivity index (χ4n) is 2.06. The molecule has 0 radical (unpaired) electrons. The van der Waals surface area contributed by atoms with E-state index in [-0.39, 0.29) is 5.78 Å². The number of benzene rings is 2. The summed E-state index contributed by atoms with van der Waals surface area (Å²) in [5, 5.41) is 2.15. The molecule has 2 aromatic carbocycles. The molecule has 1 heteroatoms. The molecule has 0 saturated carbocycles. The van der Waals surface area contributed by atoms with Crippen LogP contribution in [0.3, 0.4) is 0 Å². The smallest absolute Gasteiger partial charge is 0.160 e. The van der Waals surface area contributed by atoms with Crippen molar-refractivity contribution in [2.45, 2.75) is 13.3 Å². The molecule has 0 unspecified atom stereocenters. The fraction of sp³-hybridized carbons (Fsp3) is 0.133. The Morgan fingerprint density at radius 3 is 2.69 bits per heavy atom. The number of hydrogen-bond acceptors (Lipinski definition) is 1. The maximum Gasteiger partial charge on any atom is 0.160 e. The molecule has 0 heterocycles. The van der Waals surface area contributed by atoms with Crippen LogP contribution in [0.4, 0.5) is 0 Å². The normalized spacial score (nSPS) is 10.3. The van der Waals surface area contributed by atoms with Crippen LogP contribution in [0, 0.1) is 0 Å². The number of fused-ring (bicyclic) bond motifs is 1. The monoisotopic (exact) mass is 210 g/mol. The summed E-state index contributed by atoms with van der Waals surface area (Å²) in [7, 11) is 0. The first kappa shape index (κ1) is 10.6. The summed E-state index contributed by atoms with van der Waals surface area (Å²) in [5.41, 5.74) is 1.89. The van der Waals surface area contributed by atoms with Gasteiger partial charge in [0.05, 0.1) is 0 Å². The second-order valence-corrected chi connectivity index (χ2v) is 3.87. The van der Waals surface area contributed by atoms with Gasteiger partial charge in [0.25, 0.3) is 0 Å². The number of hydrogen-bond donors (Lipinski definition) is 0. The summed E-state index contributed by atoms with van der Waals surface area (Å²) >= 11 is 0. The summed E-state index contributed by atoms with van der Waals surface area (Å²) in [4.78, 5) is 11.7. The highest BCUT2D eigenvalue weighted by atomic mass is 16.1. The van der Waals surface area contributed by atoms with E-state index >= 15 is 0 Å². The van der Waals surface area contributed by atoms with Gasteiger partial charge in [-0.05, 0) is 29.7 Å². The second-order valence-electron chi connectivity index (χ2n) is 3.87. The predicted octanol–water partition coefficient (Wildman–Crippen LogP) is 3.77. The van der Waals surface area contributed by atoms with E-state index in [0.717, 1.165) is 28.3 Å². The zero-order valence-corrected chi connectivity index (χ0v) is 9.36. The standard InChI is InChI=1S/C15H14O/c1-3-6-13-10-9-12-7-4-5-8-14(12)15(13)11(2)16/h3-5,7-10H,1,6H2,2H3. The maximum atomic E-state index is 11.7. The van der Waals surface area contributed by atoms with Crippen molar-refractivity contribution in [3.05, 3.63) is 60.2 Å². The number of Topliss-reactive ketones (excluding diaryl/α,β-unsaturated/α-hetero) is 1. The molecule has 0 aliphatic heterocycles. The van der Waals surface area contributed by atoms with E-state index in [1.54, 1.807) is 6.92 Å². The van der Waals surface area contributed by atoms with E-state index in [1.807, 2.05) is 36.4 Å². The van der Waals surface area contributed by atoms with Gasteiger partial charge in [0.1, 0.15) is 0 Å². The Labute approximate surface area is 95.4 Å². The molecular weight excluding hydrogens is 196 g/mol. The van der Waals surface area contributed by atoms with Crippen molar-refractivity contribution in [2.75, 3.05) is 0 Å². The lowest BCUT2D eigenvalue weighted by Gasteiger charge is -2.08. The Balaban J connectivity index is 2.78. The Morgan fingerprint density at radius 2 is 2.00 bits per heavy atom. The molecule has 0 bridgehead atoms. The molecule has 0 N–H and O–H groups in total. The summed E-state index contributed by atoms with van der Waals surface area (Å²) in [6.07, 6.45) is 2.57. The van der Waals surface area contributed by atoms with Crippen LogP contribution in [-0.4, -0.2) is 5.78 Å². The van der Waals surface area contributed by atoms with Crippen molar-refractivity contribution in [2.24, 2.45) is 0 Å². The number of carbonyl (C=O) groups excluding carboxylic acids is 1. The third-order valence-corrected chi connectivity index (χ3v) is 2.73. The third kappa shape index (κ3) is 1.76. The van der Waals surface area contributed by atoms with Gasteiger partial charge in [-0.1, -0.05) is 42.5 Å². The lowest BCUT2D eigenvalue weighted by molar-refractivity contribution is 0.101. The molecule has 0 aromatic heterocycles. The van der Waals surface area contributed by atoms with Crippen molar-refractivity contribution in [1.82, 2.24) is 0 Å². The van der Waals surface area contributed by atoms with E-state index < -0.39 is 0 Å². The molecule has 0 saturated heterocycles. The zero-order valence-electron chi connectivity index (χ0n) is 9.36. The quantitative estimate of drug-likeness (QED) is 0.556. The van der Waals surface area contributed by atoms with Gasteiger partial charge in [0.2, 0.25) is 0 Å². The van der Waals surface area contributed by atoms with Gasteiger partial charge in [0, 0.05) is 5.56 Å². The van der Waals surface area contributed by atoms with Gasteiger partial charge >= 0.3 is 0 Å². The van der Waals surface area contributed by atoms with E-state index in [9.17, 15) is 4.79 Å². The molecule has 16 heavy (non-hydrogen) atoms. The third-order valence-electron chi connectivity index (χ3n) is 2.73. The van der Waals surface area contributed by atoms with Crippen LogP contribution in [0.25, 0.3) is 10.8 Å². The lowest BCUT2D eigenvalue weighted by Crippen LogP contribution is -2.00. The summed E-state index contributed by atoms with van der Waals surface area (Å²) in [5.74, 6) is 0.119. The summed E-state index contributed by atoms with van der Waals surface area (Å²) in [6, 6.07) is 12.0. The van der Waals surface area contributed by atoms with Crippen LogP contribution in [0.5, 0.6) is 0 Å². The van der Waals surface area contributed by atoms with Gasteiger partial charge in [-0.15, -0.1) is 6.58 Å². The number of ketones is 1. The van der Waals surface area contributed by atoms with Crippen molar-refractivity contribution < 1.29 is 4.79 Å². The zero-order chi connectivity index (χ0) is 11.5. The van der Waals surface area contributed by atoms with E-state index in [1.165, 1.54) is 0 Å². The van der Waals surface area contributed by atoms with E-state index in [0.29, 0.717) is 0 Å². The van der Waals surface area contributed by atoms with Gasteiger partial charge < -0.3 is 0 Å². The Morgan fingerprint density at radius 1 is 1.25 bits per heavy atom. The molecule has 2 aromatic rings.